The second-order valence-electron chi connectivity index (χ2n) is 3.72. The molecule has 1 aromatic rings. The summed E-state index contributed by atoms with van der Waals surface area (Å²) in [7, 11) is 0. The molecule has 1 heterocycles. The summed E-state index contributed by atoms with van der Waals surface area (Å²) >= 11 is 7.57. The molecule has 0 aliphatic rings. The second-order valence-corrected chi connectivity index (χ2v) is 5.52. The molecule has 1 N–H and O–H groups in total. The van der Waals surface area contributed by atoms with Crippen molar-refractivity contribution in [2.24, 2.45) is 0 Å². The zero-order chi connectivity index (χ0) is 11.8. The van der Waals surface area contributed by atoms with Crippen molar-refractivity contribution in [3.8, 4) is 0 Å². The number of halogens is 1. The Morgan fingerprint density at radius 3 is 2.81 bits per heavy atom. The summed E-state index contributed by atoms with van der Waals surface area (Å²) in [5.41, 5.74) is 0. The molecule has 0 saturated carbocycles. The van der Waals surface area contributed by atoms with E-state index in [2.05, 4.69) is 18.3 Å². The summed E-state index contributed by atoms with van der Waals surface area (Å²) < 4.78 is 6.34. The lowest BCUT2D eigenvalue weighted by Gasteiger charge is -2.17. The Labute approximate surface area is 107 Å². The van der Waals surface area contributed by atoms with Gasteiger partial charge >= 0.3 is 0 Å². The Morgan fingerprint density at radius 1 is 1.44 bits per heavy atom. The van der Waals surface area contributed by atoms with Crippen molar-refractivity contribution < 1.29 is 4.74 Å². The molecule has 0 aliphatic heterocycles. The van der Waals surface area contributed by atoms with Crippen LogP contribution in [0.2, 0.25) is 4.34 Å². The molecular weight excluding hydrogens is 242 g/mol. The molecule has 0 bridgehead atoms. The third-order valence-corrected chi connectivity index (χ3v) is 3.54. The van der Waals surface area contributed by atoms with E-state index in [1.807, 2.05) is 13.0 Å². The highest BCUT2D eigenvalue weighted by Gasteiger charge is 2.10. The Balaban J connectivity index is 2.41. The van der Waals surface area contributed by atoms with Gasteiger partial charge in [-0.2, -0.15) is 0 Å². The van der Waals surface area contributed by atoms with Gasteiger partial charge in [0.2, 0.25) is 0 Å². The van der Waals surface area contributed by atoms with Crippen LogP contribution in [0.4, 0.5) is 0 Å². The molecule has 4 heteroatoms. The lowest BCUT2D eigenvalue weighted by molar-refractivity contribution is 0.123. The summed E-state index contributed by atoms with van der Waals surface area (Å²) in [5.74, 6) is 0. The number of ether oxygens (including phenoxy) is 1. The second kappa shape index (κ2) is 8.07. The summed E-state index contributed by atoms with van der Waals surface area (Å²) in [6, 6.07) is 4.45. The van der Waals surface area contributed by atoms with Gasteiger partial charge in [0.05, 0.1) is 10.9 Å². The van der Waals surface area contributed by atoms with Gasteiger partial charge in [-0.3, -0.25) is 0 Å². The van der Waals surface area contributed by atoms with E-state index in [4.69, 9.17) is 16.3 Å². The molecule has 92 valence electrons. The minimum absolute atomic E-state index is 0.398. The molecule has 0 amide bonds. The van der Waals surface area contributed by atoms with Gasteiger partial charge in [0.25, 0.3) is 0 Å². The van der Waals surface area contributed by atoms with Crippen LogP contribution < -0.4 is 5.32 Å². The number of nitrogens with one attached hydrogen (secondary N) is 1. The van der Waals surface area contributed by atoms with Crippen LogP contribution in [-0.4, -0.2) is 25.8 Å². The minimum atomic E-state index is 0.398. The van der Waals surface area contributed by atoms with E-state index < -0.39 is 0 Å². The molecule has 0 aromatic carbocycles. The fourth-order valence-electron chi connectivity index (χ4n) is 1.50. The van der Waals surface area contributed by atoms with Crippen LogP contribution in [0.25, 0.3) is 0 Å². The van der Waals surface area contributed by atoms with Gasteiger partial charge in [0, 0.05) is 17.5 Å². The summed E-state index contributed by atoms with van der Waals surface area (Å²) in [5, 5.41) is 3.50. The fourth-order valence-corrected chi connectivity index (χ4v) is 2.67. The van der Waals surface area contributed by atoms with E-state index in [9.17, 15) is 0 Å². The Kier molecular flexibility index (Phi) is 7.05. The highest BCUT2D eigenvalue weighted by atomic mass is 35.5. The van der Waals surface area contributed by atoms with Crippen molar-refractivity contribution in [1.29, 1.82) is 0 Å². The van der Waals surface area contributed by atoms with Crippen LogP contribution in [0.1, 0.15) is 25.1 Å². The number of thiophene rings is 1. The third kappa shape index (κ3) is 5.30. The van der Waals surface area contributed by atoms with Crippen LogP contribution >= 0.6 is 22.9 Å². The molecule has 0 spiro atoms. The molecule has 0 radical (unpaired) electrons. The van der Waals surface area contributed by atoms with Crippen LogP contribution in [0, 0.1) is 0 Å². The number of rotatable bonds is 8. The fraction of sp³-hybridized carbons (Fsp3) is 0.667. The van der Waals surface area contributed by atoms with Crippen LogP contribution in [0.3, 0.4) is 0 Å². The van der Waals surface area contributed by atoms with Gasteiger partial charge in [-0.15, -0.1) is 11.3 Å². The first-order valence-electron chi connectivity index (χ1n) is 5.81. The SMILES string of the molecule is CCCNC(COCC)Cc1ccc(Cl)s1. The molecule has 0 fully saturated rings. The maximum Gasteiger partial charge on any atom is 0.0931 e. The normalized spacial score (nSPS) is 12.9. The molecular formula is C12H20ClNOS. The van der Waals surface area contributed by atoms with Gasteiger partial charge in [-0.05, 0) is 38.4 Å². The average molecular weight is 262 g/mol. The number of hydrogen-bond donors (Lipinski definition) is 1. The molecule has 1 atom stereocenters. The van der Waals surface area contributed by atoms with Crippen molar-refractivity contribution in [2.45, 2.75) is 32.7 Å². The molecule has 0 saturated heterocycles. The predicted molar refractivity (Wildman–Crippen MR) is 71.6 cm³/mol. The van der Waals surface area contributed by atoms with E-state index >= 15 is 0 Å². The first-order valence-corrected chi connectivity index (χ1v) is 7.01. The zero-order valence-corrected chi connectivity index (χ0v) is 11.5. The van der Waals surface area contributed by atoms with E-state index in [1.165, 1.54) is 4.88 Å². The third-order valence-electron chi connectivity index (χ3n) is 2.28. The molecule has 1 rings (SSSR count). The average Bonchev–Trinajstić information content (AvgIpc) is 2.68. The van der Waals surface area contributed by atoms with E-state index in [0.717, 1.165) is 36.9 Å². The largest absolute Gasteiger partial charge is 0.380 e. The smallest absolute Gasteiger partial charge is 0.0931 e. The van der Waals surface area contributed by atoms with Crippen molar-refractivity contribution in [3.63, 3.8) is 0 Å². The Morgan fingerprint density at radius 2 is 2.25 bits per heavy atom. The predicted octanol–water partition coefficient (Wildman–Crippen LogP) is 3.35. The van der Waals surface area contributed by atoms with Gasteiger partial charge in [-0.25, -0.2) is 0 Å². The molecule has 16 heavy (non-hydrogen) atoms. The van der Waals surface area contributed by atoms with Crippen LogP contribution in [0.5, 0.6) is 0 Å². The maximum absolute atomic E-state index is 5.92. The minimum Gasteiger partial charge on any atom is -0.380 e. The van der Waals surface area contributed by atoms with Crippen LogP contribution in [0.15, 0.2) is 12.1 Å². The Hall–Kier alpha value is -0.0900. The van der Waals surface area contributed by atoms with Gasteiger partial charge in [-0.1, -0.05) is 18.5 Å². The monoisotopic (exact) mass is 261 g/mol. The first-order chi connectivity index (χ1) is 7.76. The summed E-state index contributed by atoms with van der Waals surface area (Å²) in [6.45, 7) is 6.78. The lowest BCUT2D eigenvalue weighted by atomic mass is 10.2. The highest BCUT2D eigenvalue weighted by Crippen LogP contribution is 2.22. The van der Waals surface area contributed by atoms with E-state index in [1.54, 1.807) is 11.3 Å². The highest BCUT2D eigenvalue weighted by molar-refractivity contribution is 7.16. The van der Waals surface area contributed by atoms with Crippen LogP contribution in [-0.2, 0) is 11.2 Å². The molecule has 1 aromatic heterocycles. The zero-order valence-electron chi connectivity index (χ0n) is 9.96. The van der Waals surface area contributed by atoms with Gasteiger partial charge in [0.1, 0.15) is 0 Å². The van der Waals surface area contributed by atoms with E-state index in [-0.39, 0.29) is 0 Å². The molecule has 0 aliphatic carbocycles. The summed E-state index contributed by atoms with van der Waals surface area (Å²) in [6.07, 6.45) is 2.14. The van der Waals surface area contributed by atoms with Gasteiger partial charge in [0.15, 0.2) is 0 Å². The topological polar surface area (TPSA) is 21.3 Å². The Bertz CT molecular complexity index is 282. The van der Waals surface area contributed by atoms with Crippen molar-refractivity contribution in [1.82, 2.24) is 5.32 Å². The van der Waals surface area contributed by atoms with Crippen molar-refractivity contribution >= 4 is 22.9 Å². The van der Waals surface area contributed by atoms with Crippen molar-refractivity contribution in [2.75, 3.05) is 19.8 Å². The summed E-state index contributed by atoms with van der Waals surface area (Å²) in [4.78, 5) is 1.32. The van der Waals surface area contributed by atoms with Gasteiger partial charge < -0.3 is 10.1 Å². The lowest BCUT2D eigenvalue weighted by Crippen LogP contribution is -2.35. The quantitative estimate of drug-likeness (QED) is 0.775. The standard InChI is InChI=1S/C12H20ClNOS/c1-3-7-14-10(9-15-4-2)8-11-5-6-12(13)16-11/h5-6,10,14H,3-4,7-9H2,1-2H3. The molecule has 1 unspecified atom stereocenters. The maximum atomic E-state index is 5.92. The van der Waals surface area contributed by atoms with Crippen molar-refractivity contribution in [3.05, 3.63) is 21.3 Å². The first kappa shape index (κ1) is 14.0. The number of hydrogen-bond acceptors (Lipinski definition) is 3. The molecule has 2 nitrogen and oxygen atoms in total. The van der Waals surface area contributed by atoms with E-state index in [0.29, 0.717) is 6.04 Å².